The van der Waals surface area contributed by atoms with E-state index in [-0.39, 0.29) is 17.8 Å². The van der Waals surface area contributed by atoms with Gasteiger partial charge < -0.3 is 20.2 Å². The number of nitrogens with zero attached hydrogens (tertiary/aromatic N) is 3. The Kier molecular flexibility index (Phi) is 7.05. The summed E-state index contributed by atoms with van der Waals surface area (Å²) in [5.41, 5.74) is 6.59. The van der Waals surface area contributed by atoms with E-state index in [9.17, 15) is 4.79 Å². The van der Waals surface area contributed by atoms with Gasteiger partial charge in [-0.2, -0.15) is 0 Å². The smallest absolute Gasteiger partial charge is 0.266 e. The van der Waals surface area contributed by atoms with Crippen LogP contribution in [-0.4, -0.2) is 40.8 Å². The van der Waals surface area contributed by atoms with E-state index in [4.69, 9.17) is 15.3 Å². The van der Waals surface area contributed by atoms with Gasteiger partial charge in [0.1, 0.15) is 5.75 Å². The average Bonchev–Trinajstić information content (AvgIpc) is 2.78. The second kappa shape index (κ2) is 9.91. The summed E-state index contributed by atoms with van der Waals surface area (Å²) < 4.78 is 5.80. The normalized spacial score (nSPS) is 16.1. The molecule has 1 heterocycles. The number of benzene rings is 1. The minimum atomic E-state index is -0.726. The molecule has 2 aromatic rings. The first-order valence-electron chi connectivity index (χ1n) is 10.0. The minimum Gasteiger partial charge on any atom is -0.438 e. The second-order valence-electron chi connectivity index (χ2n) is 7.24. The van der Waals surface area contributed by atoms with Gasteiger partial charge in [-0.25, -0.2) is 4.98 Å². The maximum absolute atomic E-state index is 12.7. The van der Waals surface area contributed by atoms with Crippen LogP contribution in [0.25, 0.3) is 0 Å². The summed E-state index contributed by atoms with van der Waals surface area (Å²) in [6.45, 7) is 1.68. The minimum absolute atomic E-state index is 0.0969. The third-order valence-corrected chi connectivity index (χ3v) is 5.13. The molecule has 0 radical (unpaired) electrons. The zero-order valence-electron chi connectivity index (χ0n) is 17.0. The topological polar surface area (TPSA) is 90.0 Å². The number of amides is 1. The second-order valence-corrected chi connectivity index (χ2v) is 7.24. The molecule has 0 aliphatic heterocycles. The first-order chi connectivity index (χ1) is 14.1. The van der Waals surface area contributed by atoms with Crippen LogP contribution in [0.2, 0.25) is 0 Å². The van der Waals surface area contributed by atoms with Crippen LogP contribution in [0, 0.1) is 0 Å². The van der Waals surface area contributed by atoms with Gasteiger partial charge in [-0.05, 0) is 44.0 Å². The molecule has 1 aliphatic rings. The number of oxime groups is 1. The molecule has 1 atom stereocenters. The molecule has 154 valence electrons. The van der Waals surface area contributed by atoms with Gasteiger partial charge >= 0.3 is 0 Å². The summed E-state index contributed by atoms with van der Waals surface area (Å²) in [6.07, 6.45) is 6.52. The van der Waals surface area contributed by atoms with Gasteiger partial charge in [0.25, 0.3) is 5.91 Å². The number of carbonyl (C=O) groups excluding carboxylic acids is 1. The van der Waals surface area contributed by atoms with Gasteiger partial charge in [0.15, 0.2) is 5.84 Å². The van der Waals surface area contributed by atoms with E-state index in [1.807, 2.05) is 37.4 Å². The summed E-state index contributed by atoms with van der Waals surface area (Å²) in [4.78, 5) is 24.1. The van der Waals surface area contributed by atoms with Gasteiger partial charge in [0.05, 0.1) is 5.56 Å². The van der Waals surface area contributed by atoms with Crippen molar-refractivity contribution < 1.29 is 14.4 Å². The van der Waals surface area contributed by atoms with Gasteiger partial charge in [-0.15, -0.1) is 0 Å². The molecule has 7 nitrogen and oxygen atoms in total. The molecule has 3 rings (SSSR count). The lowest BCUT2D eigenvalue weighted by Crippen LogP contribution is -2.43. The number of ether oxygens (including phenoxy) is 1. The van der Waals surface area contributed by atoms with Crippen molar-refractivity contribution in [2.75, 3.05) is 7.05 Å². The number of amidine groups is 1. The van der Waals surface area contributed by atoms with Crippen LogP contribution in [0.5, 0.6) is 11.6 Å². The van der Waals surface area contributed by atoms with Crippen LogP contribution in [0.1, 0.15) is 44.6 Å². The number of para-hydroxylation sites is 1. The number of rotatable bonds is 7. The van der Waals surface area contributed by atoms with Crippen molar-refractivity contribution in [1.29, 1.82) is 0 Å². The molecule has 1 aliphatic carbocycles. The molecule has 1 fully saturated rings. The van der Waals surface area contributed by atoms with E-state index in [2.05, 4.69) is 10.1 Å². The predicted molar refractivity (Wildman–Crippen MR) is 112 cm³/mol. The summed E-state index contributed by atoms with van der Waals surface area (Å²) in [5, 5.41) is 3.97. The van der Waals surface area contributed by atoms with Crippen LogP contribution < -0.4 is 10.5 Å². The van der Waals surface area contributed by atoms with Crippen molar-refractivity contribution >= 4 is 11.7 Å². The first kappa shape index (κ1) is 20.6. The Morgan fingerprint density at radius 2 is 1.90 bits per heavy atom. The predicted octanol–water partition coefficient (Wildman–Crippen LogP) is 3.69. The number of hydrogen-bond acceptors (Lipinski definition) is 5. The van der Waals surface area contributed by atoms with Crippen molar-refractivity contribution in [2.45, 2.75) is 51.2 Å². The lowest BCUT2D eigenvalue weighted by Gasteiger charge is -2.32. The van der Waals surface area contributed by atoms with E-state index in [0.717, 1.165) is 25.7 Å². The standard InChI is InChI=1S/C22H28N4O3/c1-16(22(27)26(2)17-10-5-3-6-11-17)29-25-20(23)19-14-9-15-24-21(19)28-18-12-7-4-8-13-18/h4,7-9,12-17H,3,5-6,10-11H2,1-2H3,(H2,23,25). The van der Waals surface area contributed by atoms with E-state index in [1.54, 1.807) is 30.2 Å². The molecular formula is C22H28N4O3. The van der Waals surface area contributed by atoms with E-state index < -0.39 is 6.10 Å². The Morgan fingerprint density at radius 1 is 1.17 bits per heavy atom. The molecule has 0 saturated heterocycles. The number of hydrogen-bond donors (Lipinski definition) is 1. The number of pyridine rings is 1. The number of carbonyl (C=O) groups is 1. The van der Waals surface area contributed by atoms with Crippen LogP contribution in [0.4, 0.5) is 0 Å². The van der Waals surface area contributed by atoms with Crippen molar-refractivity contribution in [3.8, 4) is 11.6 Å². The average molecular weight is 396 g/mol. The van der Waals surface area contributed by atoms with Crippen LogP contribution in [0.3, 0.4) is 0 Å². The summed E-state index contributed by atoms with van der Waals surface area (Å²) in [6, 6.07) is 13.0. The van der Waals surface area contributed by atoms with Crippen molar-refractivity contribution in [2.24, 2.45) is 10.9 Å². The van der Waals surface area contributed by atoms with Gasteiger partial charge in [-0.1, -0.05) is 42.6 Å². The number of likely N-dealkylation sites (N-methyl/N-ethyl adjacent to an activating group) is 1. The quantitative estimate of drug-likeness (QED) is 0.438. The SMILES string of the molecule is CC(ON=C(N)c1cccnc1Oc1ccccc1)C(=O)N(C)C1CCCCC1. The fourth-order valence-corrected chi connectivity index (χ4v) is 3.43. The first-order valence-corrected chi connectivity index (χ1v) is 10.0. The molecule has 1 aromatic carbocycles. The zero-order valence-corrected chi connectivity index (χ0v) is 17.0. The summed E-state index contributed by atoms with van der Waals surface area (Å²) >= 11 is 0. The van der Waals surface area contributed by atoms with Gasteiger partial charge in [0, 0.05) is 19.3 Å². The molecule has 1 aromatic heterocycles. The van der Waals surface area contributed by atoms with Crippen molar-refractivity contribution in [3.63, 3.8) is 0 Å². The van der Waals surface area contributed by atoms with Crippen LogP contribution in [0.15, 0.2) is 53.8 Å². The van der Waals surface area contributed by atoms with Crippen LogP contribution >= 0.6 is 0 Å². The van der Waals surface area contributed by atoms with Crippen molar-refractivity contribution in [3.05, 3.63) is 54.2 Å². The number of nitrogens with two attached hydrogens (primary N) is 1. The van der Waals surface area contributed by atoms with E-state index in [1.165, 1.54) is 6.42 Å². The fraction of sp³-hybridized carbons (Fsp3) is 0.409. The maximum atomic E-state index is 12.7. The Labute approximate surface area is 171 Å². The molecule has 1 saturated carbocycles. The third-order valence-electron chi connectivity index (χ3n) is 5.13. The Morgan fingerprint density at radius 3 is 2.62 bits per heavy atom. The molecule has 1 unspecified atom stereocenters. The van der Waals surface area contributed by atoms with Gasteiger partial charge in [0.2, 0.25) is 12.0 Å². The Balaban J connectivity index is 1.65. The Bertz CT molecular complexity index is 835. The molecular weight excluding hydrogens is 368 g/mol. The summed E-state index contributed by atoms with van der Waals surface area (Å²) in [7, 11) is 1.83. The molecule has 29 heavy (non-hydrogen) atoms. The van der Waals surface area contributed by atoms with Gasteiger partial charge in [-0.3, -0.25) is 4.79 Å². The van der Waals surface area contributed by atoms with Crippen LogP contribution in [-0.2, 0) is 9.63 Å². The highest BCUT2D eigenvalue weighted by Crippen LogP contribution is 2.23. The molecule has 7 heteroatoms. The van der Waals surface area contributed by atoms with E-state index >= 15 is 0 Å². The number of aromatic nitrogens is 1. The highest BCUT2D eigenvalue weighted by atomic mass is 16.6. The lowest BCUT2D eigenvalue weighted by molar-refractivity contribution is -0.144. The largest absolute Gasteiger partial charge is 0.438 e. The molecule has 0 bridgehead atoms. The molecule has 1 amide bonds. The maximum Gasteiger partial charge on any atom is 0.266 e. The summed E-state index contributed by atoms with van der Waals surface area (Å²) in [5.74, 6) is 0.963. The highest BCUT2D eigenvalue weighted by Gasteiger charge is 2.26. The highest BCUT2D eigenvalue weighted by molar-refractivity contribution is 5.99. The molecule has 2 N–H and O–H groups in total. The van der Waals surface area contributed by atoms with Crippen molar-refractivity contribution in [1.82, 2.24) is 9.88 Å². The van der Waals surface area contributed by atoms with E-state index in [0.29, 0.717) is 17.2 Å². The third kappa shape index (κ3) is 5.47. The lowest BCUT2D eigenvalue weighted by atomic mass is 9.94. The fourth-order valence-electron chi connectivity index (χ4n) is 3.43. The monoisotopic (exact) mass is 396 g/mol. The Hall–Kier alpha value is -3.09. The molecule has 0 spiro atoms. The zero-order chi connectivity index (χ0) is 20.6.